The number of halogens is 1. The van der Waals surface area contributed by atoms with E-state index in [0.29, 0.717) is 0 Å². The molecule has 0 aliphatic carbocycles. The first-order valence-electron chi connectivity index (χ1n) is 6.54. The van der Waals surface area contributed by atoms with Gasteiger partial charge >= 0.3 is 5.97 Å². The number of aromatic nitrogens is 1. The summed E-state index contributed by atoms with van der Waals surface area (Å²) in [5.74, 6) is -1.61. The summed E-state index contributed by atoms with van der Waals surface area (Å²) in [5, 5.41) is 3.23. The fourth-order valence-electron chi connectivity index (χ4n) is 1.86. The Balaban J connectivity index is 2.09. The number of hydrogen-bond donors (Lipinski definition) is 1. The Morgan fingerprint density at radius 2 is 2.09 bits per heavy atom. The average molecular weight is 322 g/mol. The number of anilines is 1. The molecule has 0 saturated heterocycles. The van der Waals surface area contributed by atoms with E-state index in [1.807, 2.05) is 13.8 Å². The first-order chi connectivity index (χ1) is 10.4. The highest BCUT2D eigenvalue weighted by molar-refractivity contribution is 7.11. The van der Waals surface area contributed by atoms with Gasteiger partial charge in [0.15, 0.2) is 0 Å². The number of carbonyl (C=O) groups excluding carboxylic acids is 2. The summed E-state index contributed by atoms with van der Waals surface area (Å²) in [6, 6.07) is 3.68. The van der Waals surface area contributed by atoms with Crippen molar-refractivity contribution in [2.45, 2.75) is 27.4 Å². The number of amides is 1. The van der Waals surface area contributed by atoms with Crippen molar-refractivity contribution in [1.29, 1.82) is 0 Å². The number of hydrogen-bond acceptors (Lipinski definition) is 5. The van der Waals surface area contributed by atoms with Crippen LogP contribution in [0.2, 0.25) is 0 Å². The number of benzene rings is 1. The Hall–Kier alpha value is -2.28. The van der Waals surface area contributed by atoms with Crippen molar-refractivity contribution in [2.24, 2.45) is 0 Å². The molecule has 5 nitrogen and oxygen atoms in total. The summed E-state index contributed by atoms with van der Waals surface area (Å²) in [5.41, 5.74) is 0.948. The van der Waals surface area contributed by atoms with Crippen molar-refractivity contribution in [1.82, 2.24) is 4.98 Å². The third-order valence-corrected chi connectivity index (χ3v) is 3.89. The maximum atomic E-state index is 13.5. The van der Waals surface area contributed by atoms with E-state index in [2.05, 4.69) is 10.3 Å². The second-order valence-corrected chi connectivity index (χ2v) is 5.98. The van der Waals surface area contributed by atoms with Crippen molar-refractivity contribution >= 4 is 28.9 Å². The molecule has 0 bridgehead atoms. The van der Waals surface area contributed by atoms with E-state index in [1.165, 1.54) is 30.4 Å². The van der Waals surface area contributed by atoms with E-state index in [-0.39, 0.29) is 17.9 Å². The fraction of sp³-hybridized carbons (Fsp3) is 0.267. The van der Waals surface area contributed by atoms with Crippen LogP contribution < -0.4 is 5.32 Å². The average Bonchev–Trinajstić information content (AvgIpc) is 2.76. The number of carbonyl (C=O) groups is 2. The van der Waals surface area contributed by atoms with Gasteiger partial charge in [0.25, 0.3) is 0 Å². The second kappa shape index (κ2) is 6.65. The molecule has 1 N–H and O–H groups in total. The quantitative estimate of drug-likeness (QED) is 0.878. The van der Waals surface area contributed by atoms with Crippen molar-refractivity contribution in [3.8, 4) is 0 Å². The lowest BCUT2D eigenvalue weighted by Crippen LogP contribution is -2.10. The molecule has 1 heterocycles. The van der Waals surface area contributed by atoms with Gasteiger partial charge in [-0.15, -0.1) is 11.3 Å². The number of thiazole rings is 1. The smallest absolute Gasteiger partial charge is 0.338 e. The highest BCUT2D eigenvalue weighted by Gasteiger charge is 2.13. The zero-order valence-corrected chi connectivity index (χ0v) is 13.2. The second-order valence-electron chi connectivity index (χ2n) is 4.69. The molecule has 2 aromatic rings. The molecule has 0 atom stereocenters. The molecule has 0 unspecified atom stereocenters. The van der Waals surface area contributed by atoms with Gasteiger partial charge in [0, 0.05) is 6.92 Å². The Kier molecular flexibility index (Phi) is 4.87. The van der Waals surface area contributed by atoms with Gasteiger partial charge in [-0.1, -0.05) is 0 Å². The molecule has 1 aromatic carbocycles. The van der Waals surface area contributed by atoms with Crippen LogP contribution in [0.1, 0.15) is 32.9 Å². The molecular formula is C15H15FN2O3S. The minimum atomic E-state index is -0.610. The van der Waals surface area contributed by atoms with Crippen LogP contribution in [0, 0.1) is 19.7 Å². The van der Waals surface area contributed by atoms with E-state index < -0.39 is 17.7 Å². The third kappa shape index (κ3) is 3.88. The first kappa shape index (κ1) is 16.1. The zero-order valence-electron chi connectivity index (χ0n) is 12.4. The van der Waals surface area contributed by atoms with Crippen molar-refractivity contribution < 1.29 is 18.7 Å². The SMILES string of the molecule is CC(=O)Nc1cc(C(=O)OCc2sc(C)nc2C)ccc1F. The largest absolute Gasteiger partial charge is 0.456 e. The first-order valence-corrected chi connectivity index (χ1v) is 7.35. The number of rotatable bonds is 4. The van der Waals surface area contributed by atoms with E-state index in [4.69, 9.17) is 4.74 Å². The van der Waals surface area contributed by atoms with Gasteiger partial charge in [-0.3, -0.25) is 4.79 Å². The van der Waals surface area contributed by atoms with Crippen LogP contribution in [-0.4, -0.2) is 16.9 Å². The monoisotopic (exact) mass is 322 g/mol. The Labute approximate surface area is 131 Å². The standard InChI is InChI=1S/C15H15FN2O3S/c1-8-14(22-10(3)17-8)7-21-15(20)11-4-5-12(16)13(6-11)18-9(2)19/h4-6H,7H2,1-3H3,(H,18,19). The van der Waals surface area contributed by atoms with E-state index in [1.54, 1.807) is 0 Å². The van der Waals surface area contributed by atoms with Gasteiger partial charge in [0.05, 0.1) is 26.8 Å². The van der Waals surface area contributed by atoms with Crippen LogP contribution >= 0.6 is 11.3 Å². The predicted molar refractivity (Wildman–Crippen MR) is 81.4 cm³/mol. The normalized spacial score (nSPS) is 10.4. The van der Waals surface area contributed by atoms with Crippen molar-refractivity contribution in [3.63, 3.8) is 0 Å². The van der Waals surface area contributed by atoms with Crippen LogP contribution in [0.5, 0.6) is 0 Å². The molecule has 0 saturated carbocycles. The molecule has 0 spiro atoms. The van der Waals surface area contributed by atoms with Crippen molar-refractivity contribution in [2.75, 3.05) is 5.32 Å². The molecule has 0 fully saturated rings. The van der Waals surface area contributed by atoms with E-state index in [0.717, 1.165) is 21.6 Å². The number of ether oxygens (including phenoxy) is 1. The molecule has 0 aliphatic heterocycles. The summed E-state index contributed by atoms with van der Waals surface area (Å²) >= 11 is 1.46. The summed E-state index contributed by atoms with van der Waals surface area (Å²) in [4.78, 5) is 28.1. The summed E-state index contributed by atoms with van der Waals surface area (Å²) < 4.78 is 18.7. The summed E-state index contributed by atoms with van der Waals surface area (Å²) in [6.07, 6.45) is 0. The van der Waals surface area contributed by atoms with Gasteiger partial charge in [-0.2, -0.15) is 0 Å². The topological polar surface area (TPSA) is 68.3 Å². The summed E-state index contributed by atoms with van der Waals surface area (Å²) in [7, 11) is 0. The van der Waals surface area contributed by atoms with Crippen LogP contribution in [-0.2, 0) is 16.1 Å². The van der Waals surface area contributed by atoms with Gasteiger partial charge in [0.1, 0.15) is 12.4 Å². The minimum Gasteiger partial charge on any atom is -0.456 e. The minimum absolute atomic E-state index is 0.0493. The molecule has 1 amide bonds. The molecular weight excluding hydrogens is 307 g/mol. The van der Waals surface area contributed by atoms with Crippen LogP contribution in [0.15, 0.2) is 18.2 Å². The number of aryl methyl sites for hydroxylation is 2. The van der Waals surface area contributed by atoms with E-state index >= 15 is 0 Å². The van der Waals surface area contributed by atoms with Crippen LogP contribution in [0.3, 0.4) is 0 Å². The highest BCUT2D eigenvalue weighted by atomic mass is 32.1. The van der Waals surface area contributed by atoms with E-state index in [9.17, 15) is 14.0 Å². The molecule has 0 aliphatic rings. The Bertz CT molecular complexity index is 728. The molecule has 0 radical (unpaired) electrons. The lowest BCUT2D eigenvalue weighted by molar-refractivity contribution is -0.114. The predicted octanol–water partition coefficient (Wildman–Crippen LogP) is 3.21. The summed E-state index contributed by atoms with van der Waals surface area (Å²) in [6.45, 7) is 5.10. The number of esters is 1. The maximum Gasteiger partial charge on any atom is 0.338 e. The van der Waals surface area contributed by atoms with Gasteiger partial charge in [-0.05, 0) is 32.0 Å². The third-order valence-electron chi connectivity index (χ3n) is 2.85. The van der Waals surface area contributed by atoms with Crippen LogP contribution in [0.25, 0.3) is 0 Å². The van der Waals surface area contributed by atoms with Crippen LogP contribution in [0.4, 0.5) is 10.1 Å². The Morgan fingerprint density at radius 3 is 2.68 bits per heavy atom. The zero-order chi connectivity index (χ0) is 16.3. The molecule has 7 heteroatoms. The highest BCUT2D eigenvalue weighted by Crippen LogP contribution is 2.20. The Morgan fingerprint density at radius 1 is 1.36 bits per heavy atom. The maximum absolute atomic E-state index is 13.5. The lowest BCUT2D eigenvalue weighted by Gasteiger charge is -2.07. The lowest BCUT2D eigenvalue weighted by atomic mass is 10.2. The number of nitrogens with zero attached hydrogens (tertiary/aromatic N) is 1. The molecule has 22 heavy (non-hydrogen) atoms. The van der Waals surface area contributed by atoms with Gasteiger partial charge < -0.3 is 10.1 Å². The molecule has 116 valence electrons. The number of nitrogens with one attached hydrogen (secondary N) is 1. The van der Waals surface area contributed by atoms with Gasteiger partial charge in [-0.25, -0.2) is 14.2 Å². The van der Waals surface area contributed by atoms with Gasteiger partial charge in [0.2, 0.25) is 5.91 Å². The van der Waals surface area contributed by atoms with Crippen molar-refractivity contribution in [3.05, 3.63) is 45.2 Å². The molecule has 2 rings (SSSR count). The fourth-order valence-corrected chi connectivity index (χ4v) is 2.71. The molecule has 1 aromatic heterocycles.